The van der Waals surface area contributed by atoms with E-state index in [1.165, 1.54) is 35.1 Å². The van der Waals surface area contributed by atoms with Gasteiger partial charge in [-0.2, -0.15) is 5.10 Å². The van der Waals surface area contributed by atoms with Gasteiger partial charge in [0.05, 0.1) is 23.4 Å². The first-order valence-corrected chi connectivity index (χ1v) is 10.2. The van der Waals surface area contributed by atoms with Crippen LogP contribution in [0.2, 0.25) is 0 Å². The number of benzene rings is 2. The van der Waals surface area contributed by atoms with E-state index >= 15 is 0 Å². The highest BCUT2D eigenvalue weighted by Gasteiger charge is 2.21. The number of non-ortho nitro benzene ring substituents is 1. The van der Waals surface area contributed by atoms with E-state index in [1.54, 1.807) is 6.92 Å². The Kier molecular flexibility index (Phi) is 7.07. The van der Waals surface area contributed by atoms with Crippen molar-refractivity contribution in [1.82, 2.24) is 9.78 Å². The Morgan fingerprint density at radius 3 is 2.33 bits per heavy atom. The number of carbonyl (C=O) groups excluding carboxylic acids is 2. The van der Waals surface area contributed by atoms with Crippen LogP contribution in [0.25, 0.3) is 5.69 Å². The van der Waals surface area contributed by atoms with Crippen molar-refractivity contribution in [1.29, 1.82) is 0 Å². The first kappa shape index (κ1) is 23.5. The normalized spacial score (nSPS) is 10.5. The fourth-order valence-electron chi connectivity index (χ4n) is 3.36. The van der Waals surface area contributed by atoms with Crippen molar-refractivity contribution in [2.24, 2.45) is 0 Å². The molecule has 0 aliphatic carbocycles. The van der Waals surface area contributed by atoms with Gasteiger partial charge in [0, 0.05) is 17.8 Å². The number of anilines is 1. The van der Waals surface area contributed by atoms with E-state index < -0.39 is 16.8 Å². The quantitative estimate of drug-likeness (QED) is 0.312. The second-order valence-electron chi connectivity index (χ2n) is 7.39. The topological polar surface area (TPSA) is 126 Å². The van der Waals surface area contributed by atoms with Crippen LogP contribution in [0, 0.1) is 30.9 Å². The van der Waals surface area contributed by atoms with Crippen molar-refractivity contribution in [2.75, 3.05) is 18.5 Å². The minimum absolute atomic E-state index is 0.0549. The minimum Gasteiger partial charge on any atom is -0.480 e. The summed E-state index contributed by atoms with van der Waals surface area (Å²) < 4.78 is 12.0. The number of hydrogen-bond acceptors (Lipinski definition) is 7. The van der Waals surface area contributed by atoms with Crippen molar-refractivity contribution in [3.05, 3.63) is 75.1 Å². The summed E-state index contributed by atoms with van der Waals surface area (Å²) in [7, 11) is 0. The van der Waals surface area contributed by atoms with Gasteiger partial charge in [-0.05, 0) is 51.0 Å². The van der Waals surface area contributed by atoms with Crippen molar-refractivity contribution < 1.29 is 24.0 Å². The Labute approximate surface area is 190 Å². The smallest absolute Gasteiger partial charge is 0.362 e. The molecule has 1 amide bonds. The van der Waals surface area contributed by atoms with Gasteiger partial charge in [-0.1, -0.05) is 17.7 Å². The summed E-state index contributed by atoms with van der Waals surface area (Å²) in [5, 5.41) is 17.9. The van der Waals surface area contributed by atoms with Crippen LogP contribution >= 0.6 is 0 Å². The van der Waals surface area contributed by atoms with Crippen LogP contribution in [0.3, 0.4) is 0 Å². The van der Waals surface area contributed by atoms with Gasteiger partial charge >= 0.3 is 5.97 Å². The van der Waals surface area contributed by atoms with Gasteiger partial charge in [0.2, 0.25) is 5.69 Å². The molecule has 3 aromatic rings. The summed E-state index contributed by atoms with van der Waals surface area (Å²) in [4.78, 5) is 35.2. The molecule has 0 spiro atoms. The van der Waals surface area contributed by atoms with Gasteiger partial charge in [-0.15, -0.1) is 0 Å². The van der Waals surface area contributed by atoms with Crippen molar-refractivity contribution in [3.63, 3.8) is 0 Å². The maximum Gasteiger partial charge on any atom is 0.362 e. The van der Waals surface area contributed by atoms with E-state index in [0.717, 1.165) is 16.7 Å². The number of hydrogen-bond donors (Lipinski definition) is 1. The van der Waals surface area contributed by atoms with Crippen molar-refractivity contribution in [3.8, 4) is 11.4 Å². The third-order valence-electron chi connectivity index (χ3n) is 4.77. The van der Waals surface area contributed by atoms with Crippen LogP contribution in [-0.2, 0) is 9.53 Å². The van der Waals surface area contributed by atoms with Crippen LogP contribution in [0.1, 0.15) is 34.1 Å². The molecule has 0 aliphatic heterocycles. The summed E-state index contributed by atoms with van der Waals surface area (Å²) >= 11 is 0. The third-order valence-corrected chi connectivity index (χ3v) is 4.77. The number of esters is 1. The Hall–Kier alpha value is -4.21. The molecule has 0 bridgehead atoms. The van der Waals surface area contributed by atoms with Crippen LogP contribution in [0.4, 0.5) is 11.4 Å². The molecule has 0 radical (unpaired) electrons. The van der Waals surface area contributed by atoms with E-state index in [1.807, 2.05) is 32.9 Å². The zero-order valence-corrected chi connectivity index (χ0v) is 18.7. The summed E-state index contributed by atoms with van der Waals surface area (Å²) in [5.41, 5.74) is 3.95. The standard InChI is InChI=1S/C23H24N4O6/c1-5-32-23(29)22-19(12-26(25-22)17-6-8-18(9-7-17)27(30)31)33-13-20(28)24-21-15(3)10-14(2)11-16(21)4/h6-12H,5,13H2,1-4H3,(H,24,28). The molecule has 0 fully saturated rings. The largest absolute Gasteiger partial charge is 0.480 e. The van der Waals surface area contributed by atoms with Crippen LogP contribution in [0.15, 0.2) is 42.6 Å². The Bertz CT molecular complexity index is 1180. The lowest BCUT2D eigenvalue weighted by Crippen LogP contribution is -2.22. The number of nitrogens with one attached hydrogen (secondary N) is 1. The average Bonchev–Trinajstić information content (AvgIpc) is 3.19. The molecular formula is C23H24N4O6. The summed E-state index contributed by atoms with van der Waals surface area (Å²) in [5.74, 6) is -1.05. The maximum absolute atomic E-state index is 12.5. The number of amides is 1. The van der Waals surface area contributed by atoms with Crippen LogP contribution in [-0.4, -0.2) is 39.8 Å². The monoisotopic (exact) mass is 452 g/mol. The van der Waals surface area contributed by atoms with Gasteiger partial charge in [-0.25, -0.2) is 9.48 Å². The molecule has 1 heterocycles. The molecule has 0 saturated heterocycles. The van der Waals surface area contributed by atoms with Crippen LogP contribution < -0.4 is 10.1 Å². The number of nitro groups is 1. The van der Waals surface area contributed by atoms with E-state index in [-0.39, 0.29) is 30.3 Å². The highest BCUT2D eigenvalue weighted by atomic mass is 16.6. The predicted octanol–water partition coefficient (Wildman–Crippen LogP) is 3.90. The molecule has 3 rings (SSSR count). The molecule has 33 heavy (non-hydrogen) atoms. The summed E-state index contributed by atoms with van der Waals surface area (Å²) in [6.07, 6.45) is 1.42. The van der Waals surface area contributed by atoms with Gasteiger partial charge < -0.3 is 14.8 Å². The molecule has 0 unspecified atom stereocenters. The van der Waals surface area contributed by atoms with Crippen molar-refractivity contribution in [2.45, 2.75) is 27.7 Å². The highest BCUT2D eigenvalue weighted by Crippen LogP contribution is 2.24. The van der Waals surface area contributed by atoms with Crippen LogP contribution in [0.5, 0.6) is 5.75 Å². The fraction of sp³-hybridized carbons (Fsp3) is 0.261. The Morgan fingerprint density at radius 1 is 1.12 bits per heavy atom. The number of ether oxygens (including phenoxy) is 2. The second-order valence-corrected chi connectivity index (χ2v) is 7.39. The molecular weight excluding hydrogens is 428 g/mol. The zero-order chi connectivity index (χ0) is 24.1. The van der Waals surface area contributed by atoms with Gasteiger partial charge in [0.1, 0.15) is 0 Å². The fourth-order valence-corrected chi connectivity index (χ4v) is 3.36. The zero-order valence-electron chi connectivity index (χ0n) is 18.7. The molecule has 0 saturated carbocycles. The summed E-state index contributed by atoms with van der Waals surface area (Å²) in [6, 6.07) is 9.55. The number of rotatable bonds is 8. The molecule has 10 nitrogen and oxygen atoms in total. The molecule has 1 N–H and O–H groups in total. The molecule has 2 aromatic carbocycles. The number of aryl methyl sites for hydroxylation is 3. The molecule has 1 aromatic heterocycles. The Morgan fingerprint density at radius 2 is 1.76 bits per heavy atom. The van der Waals surface area contributed by atoms with Crippen molar-refractivity contribution >= 4 is 23.3 Å². The molecule has 10 heteroatoms. The minimum atomic E-state index is -0.709. The van der Waals surface area contributed by atoms with Gasteiger partial charge in [0.25, 0.3) is 11.6 Å². The van der Waals surface area contributed by atoms with E-state index in [0.29, 0.717) is 11.4 Å². The maximum atomic E-state index is 12.5. The van der Waals surface area contributed by atoms with E-state index in [4.69, 9.17) is 9.47 Å². The van der Waals surface area contributed by atoms with E-state index in [9.17, 15) is 19.7 Å². The highest BCUT2D eigenvalue weighted by molar-refractivity contribution is 5.94. The Balaban J connectivity index is 1.80. The molecule has 0 atom stereocenters. The number of nitro benzene ring substituents is 1. The number of carbonyl (C=O) groups is 2. The second kappa shape index (κ2) is 9.94. The number of aromatic nitrogens is 2. The predicted molar refractivity (Wildman–Crippen MR) is 121 cm³/mol. The molecule has 172 valence electrons. The van der Waals surface area contributed by atoms with E-state index in [2.05, 4.69) is 10.4 Å². The SMILES string of the molecule is CCOC(=O)c1nn(-c2ccc([N+](=O)[O-])cc2)cc1OCC(=O)Nc1c(C)cc(C)cc1C. The first-order valence-electron chi connectivity index (χ1n) is 10.2. The third kappa shape index (κ3) is 5.53. The lowest BCUT2D eigenvalue weighted by molar-refractivity contribution is -0.384. The first-order chi connectivity index (χ1) is 15.7. The number of nitrogens with zero attached hydrogens (tertiary/aromatic N) is 3. The average molecular weight is 452 g/mol. The summed E-state index contributed by atoms with van der Waals surface area (Å²) in [6.45, 7) is 7.23. The van der Waals surface area contributed by atoms with Gasteiger partial charge in [-0.3, -0.25) is 14.9 Å². The lowest BCUT2D eigenvalue weighted by atomic mass is 10.1. The molecule has 0 aliphatic rings. The van der Waals surface area contributed by atoms with Gasteiger partial charge in [0.15, 0.2) is 12.4 Å². The lowest BCUT2D eigenvalue weighted by Gasteiger charge is -2.13.